The summed E-state index contributed by atoms with van der Waals surface area (Å²) in [6.07, 6.45) is 5.47. The monoisotopic (exact) mass is 307 g/mol. The highest BCUT2D eigenvalue weighted by Crippen LogP contribution is 2.41. The van der Waals surface area contributed by atoms with Crippen molar-refractivity contribution in [1.29, 1.82) is 0 Å². The van der Waals surface area contributed by atoms with Crippen molar-refractivity contribution in [2.75, 3.05) is 13.1 Å². The predicted molar refractivity (Wildman–Crippen MR) is 78.1 cm³/mol. The third kappa shape index (κ3) is 1.99. The number of hydrogen-bond acceptors (Lipinski definition) is 2. The molecule has 0 saturated carbocycles. The SMILES string of the molecule is CC(C)c1cc(Br)c2c(c1)C=CC1(CCNC1)O2. The Balaban J connectivity index is 2.02. The fraction of sp³-hybridized carbons (Fsp3) is 0.467. The Morgan fingerprint density at radius 3 is 2.89 bits per heavy atom. The molecule has 1 aromatic rings. The second-order valence-electron chi connectivity index (χ2n) is 5.50. The minimum atomic E-state index is -0.130. The number of hydrogen-bond donors (Lipinski definition) is 1. The van der Waals surface area contributed by atoms with Gasteiger partial charge in [0.25, 0.3) is 0 Å². The van der Waals surface area contributed by atoms with Crippen LogP contribution < -0.4 is 10.1 Å². The Labute approximate surface area is 117 Å². The molecule has 0 bridgehead atoms. The molecule has 1 unspecified atom stereocenters. The summed E-state index contributed by atoms with van der Waals surface area (Å²) < 4.78 is 7.32. The Bertz CT molecular complexity index is 501. The lowest BCUT2D eigenvalue weighted by molar-refractivity contribution is 0.138. The molecule has 2 aliphatic rings. The number of ether oxygens (including phenoxy) is 1. The van der Waals surface area contributed by atoms with E-state index in [1.165, 1.54) is 11.1 Å². The first-order chi connectivity index (χ1) is 8.60. The van der Waals surface area contributed by atoms with Gasteiger partial charge in [-0.2, -0.15) is 0 Å². The topological polar surface area (TPSA) is 21.3 Å². The molecular formula is C15H18BrNO. The summed E-state index contributed by atoms with van der Waals surface area (Å²) in [6.45, 7) is 6.36. The number of halogens is 1. The zero-order valence-electron chi connectivity index (χ0n) is 10.8. The van der Waals surface area contributed by atoms with E-state index in [-0.39, 0.29) is 5.60 Å². The van der Waals surface area contributed by atoms with Gasteiger partial charge in [0.05, 0.1) is 4.47 Å². The maximum atomic E-state index is 6.25. The first kappa shape index (κ1) is 12.2. The summed E-state index contributed by atoms with van der Waals surface area (Å²) in [5.41, 5.74) is 2.40. The predicted octanol–water partition coefficient (Wildman–Crippen LogP) is 3.71. The molecule has 2 nitrogen and oxygen atoms in total. The van der Waals surface area contributed by atoms with Crippen molar-refractivity contribution in [2.24, 2.45) is 0 Å². The van der Waals surface area contributed by atoms with Gasteiger partial charge in [-0.3, -0.25) is 0 Å². The van der Waals surface area contributed by atoms with Crippen LogP contribution in [0.5, 0.6) is 5.75 Å². The summed E-state index contributed by atoms with van der Waals surface area (Å²) in [4.78, 5) is 0. The van der Waals surface area contributed by atoms with Crippen molar-refractivity contribution >= 4 is 22.0 Å². The van der Waals surface area contributed by atoms with Gasteiger partial charge in [0.1, 0.15) is 11.4 Å². The molecule has 1 atom stereocenters. The number of fused-ring (bicyclic) bond motifs is 1. The molecule has 3 heteroatoms. The van der Waals surface area contributed by atoms with Gasteiger partial charge in [-0.1, -0.05) is 19.9 Å². The third-order valence-electron chi connectivity index (χ3n) is 3.78. The quantitative estimate of drug-likeness (QED) is 0.854. The van der Waals surface area contributed by atoms with Crippen LogP contribution in [0.3, 0.4) is 0 Å². The molecular weight excluding hydrogens is 290 g/mol. The Hall–Kier alpha value is -0.800. The van der Waals surface area contributed by atoms with Gasteiger partial charge in [-0.15, -0.1) is 0 Å². The number of rotatable bonds is 1. The van der Waals surface area contributed by atoms with Crippen molar-refractivity contribution in [1.82, 2.24) is 5.32 Å². The lowest BCUT2D eigenvalue weighted by Crippen LogP contribution is -2.37. The zero-order valence-corrected chi connectivity index (χ0v) is 12.4. The van der Waals surface area contributed by atoms with Gasteiger partial charge < -0.3 is 10.1 Å². The van der Waals surface area contributed by atoms with Crippen LogP contribution in [0.4, 0.5) is 0 Å². The molecule has 1 spiro atoms. The van der Waals surface area contributed by atoms with Crippen molar-refractivity contribution in [3.05, 3.63) is 33.8 Å². The smallest absolute Gasteiger partial charge is 0.142 e. The second kappa shape index (κ2) is 4.39. The van der Waals surface area contributed by atoms with Crippen molar-refractivity contribution in [3.63, 3.8) is 0 Å². The molecule has 1 N–H and O–H groups in total. The molecule has 0 aromatic heterocycles. The highest BCUT2D eigenvalue weighted by atomic mass is 79.9. The van der Waals surface area contributed by atoms with Crippen LogP contribution in [0.25, 0.3) is 6.08 Å². The summed E-state index contributed by atoms with van der Waals surface area (Å²) in [5.74, 6) is 1.52. The van der Waals surface area contributed by atoms with Gasteiger partial charge >= 0.3 is 0 Å². The van der Waals surface area contributed by atoms with E-state index in [9.17, 15) is 0 Å². The number of nitrogens with one attached hydrogen (secondary N) is 1. The second-order valence-corrected chi connectivity index (χ2v) is 6.36. The molecule has 0 radical (unpaired) electrons. The van der Waals surface area contributed by atoms with Crippen LogP contribution in [0, 0.1) is 0 Å². The van der Waals surface area contributed by atoms with Crippen LogP contribution >= 0.6 is 15.9 Å². The van der Waals surface area contributed by atoms with Gasteiger partial charge in [0, 0.05) is 18.5 Å². The highest BCUT2D eigenvalue weighted by molar-refractivity contribution is 9.10. The van der Waals surface area contributed by atoms with E-state index < -0.39 is 0 Å². The summed E-state index contributed by atoms with van der Waals surface area (Å²) in [6, 6.07) is 4.41. The molecule has 1 saturated heterocycles. The van der Waals surface area contributed by atoms with Crippen LogP contribution in [-0.2, 0) is 0 Å². The largest absolute Gasteiger partial charge is 0.480 e. The number of benzene rings is 1. The van der Waals surface area contributed by atoms with Crippen LogP contribution in [-0.4, -0.2) is 18.7 Å². The average molecular weight is 308 g/mol. The Morgan fingerprint density at radius 2 is 2.22 bits per heavy atom. The molecule has 1 fully saturated rings. The van der Waals surface area contributed by atoms with E-state index in [2.05, 4.69) is 59.4 Å². The molecule has 0 amide bonds. The first-order valence-corrected chi connectivity index (χ1v) is 7.31. The first-order valence-electron chi connectivity index (χ1n) is 6.52. The minimum Gasteiger partial charge on any atom is -0.480 e. The molecule has 3 rings (SSSR count). The maximum absolute atomic E-state index is 6.25. The van der Waals surface area contributed by atoms with Crippen LogP contribution in [0.2, 0.25) is 0 Å². The van der Waals surface area contributed by atoms with Crippen LogP contribution in [0.1, 0.15) is 37.3 Å². The Kier molecular flexibility index (Phi) is 2.99. The van der Waals surface area contributed by atoms with Crippen LogP contribution in [0.15, 0.2) is 22.7 Å². The Morgan fingerprint density at radius 1 is 1.39 bits per heavy atom. The van der Waals surface area contributed by atoms with E-state index in [1.54, 1.807) is 0 Å². The summed E-state index contributed by atoms with van der Waals surface area (Å²) in [7, 11) is 0. The van der Waals surface area contributed by atoms with Gasteiger partial charge in [0.15, 0.2) is 0 Å². The van der Waals surface area contributed by atoms with E-state index in [0.717, 1.165) is 29.7 Å². The molecule has 18 heavy (non-hydrogen) atoms. The summed E-state index contributed by atoms with van der Waals surface area (Å²) in [5, 5.41) is 3.37. The lowest BCUT2D eigenvalue weighted by atomic mass is 9.94. The van der Waals surface area contributed by atoms with Crippen molar-refractivity contribution < 1.29 is 4.74 Å². The maximum Gasteiger partial charge on any atom is 0.142 e. The molecule has 0 aliphatic carbocycles. The highest BCUT2D eigenvalue weighted by Gasteiger charge is 2.36. The lowest BCUT2D eigenvalue weighted by Gasteiger charge is -2.31. The standard InChI is InChI=1S/C15H18BrNO/c1-10(2)12-7-11-3-4-15(5-6-17-9-15)18-14(11)13(16)8-12/h3-4,7-8,10,17H,5-6,9H2,1-2H3. The summed E-state index contributed by atoms with van der Waals surface area (Å²) >= 11 is 3.65. The molecule has 2 heterocycles. The van der Waals surface area contributed by atoms with Crippen molar-refractivity contribution in [2.45, 2.75) is 31.8 Å². The fourth-order valence-corrected chi connectivity index (χ4v) is 3.17. The normalized spacial score (nSPS) is 25.6. The molecule has 1 aromatic carbocycles. The van der Waals surface area contributed by atoms with E-state index in [4.69, 9.17) is 4.74 Å². The van der Waals surface area contributed by atoms with E-state index in [0.29, 0.717) is 5.92 Å². The van der Waals surface area contributed by atoms with Gasteiger partial charge in [-0.05, 0) is 52.2 Å². The van der Waals surface area contributed by atoms with E-state index >= 15 is 0 Å². The minimum absolute atomic E-state index is 0.130. The van der Waals surface area contributed by atoms with Crippen molar-refractivity contribution in [3.8, 4) is 5.75 Å². The molecule has 96 valence electrons. The van der Waals surface area contributed by atoms with E-state index in [1.807, 2.05) is 0 Å². The third-order valence-corrected chi connectivity index (χ3v) is 4.37. The van der Waals surface area contributed by atoms with Gasteiger partial charge in [0.2, 0.25) is 0 Å². The zero-order chi connectivity index (χ0) is 12.8. The molecule has 2 aliphatic heterocycles. The fourth-order valence-electron chi connectivity index (χ4n) is 2.60. The van der Waals surface area contributed by atoms with Gasteiger partial charge in [-0.25, -0.2) is 0 Å². The average Bonchev–Trinajstić information content (AvgIpc) is 2.78.